The van der Waals surface area contributed by atoms with Crippen LogP contribution < -0.4 is 0 Å². The molecule has 0 bridgehead atoms. The minimum Gasteiger partial charge on any atom is -0.507 e. The van der Waals surface area contributed by atoms with Crippen molar-refractivity contribution in [2.24, 2.45) is 11.8 Å². The second-order valence-corrected chi connectivity index (χ2v) is 9.89. The zero-order valence-corrected chi connectivity index (χ0v) is 19.2. The Hall–Kier alpha value is -2.70. The molecule has 0 aromatic heterocycles. The smallest absolute Gasteiger partial charge is 0.173 e. The highest BCUT2D eigenvalue weighted by Gasteiger charge is 2.45. The summed E-state index contributed by atoms with van der Waals surface area (Å²) in [5.41, 5.74) is 3.40. The summed E-state index contributed by atoms with van der Waals surface area (Å²) in [7, 11) is 0. The molecule has 32 heavy (non-hydrogen) atoms. The molecular formula is C26H30O6. The second-order valence-electron chi connectivity index (χ2n) is 9.89. The van der Waals surface area contributed by atoms with Gasteiger partial charge in [0.25, 0.3) is 0 Å². The molecule has 2 aliphatic rings. The van der Waals surface area contributed by atoms with Crippen LogP contribution in [0.3, 0.4) is 0 Å². The molecule has 4 rings (SSSR count). The minimum absolute atomic E-state index is 0.0488. The predicted octanol–water partition coefficient (Wildman–Crippen LogP) is 4.09. The van der Waals surface area contributed by atoms with Crippen LogP contribution in [0.15, 0.2) is 12.1 Å². The summed E-state index contributed by atoms with van der Waals surface area (Å²) in [5.74, 6) is -2.32. The number of aliphatic hydroxyl groups excluding tert-OH is 2. The first-order valence-corrected chi connectivity index (χ1v) is 11.1. The Morgan fingerprint density at radius 2 is 1.00 bits per heavy atom. The van der Waals surface area contributed by atoms with Crippen molar-refractivity contribution in [3.05, 3.63) is 45.5 Å². The lowest BCUT2D eigenvalue weighted by molar-refractivity contribution is -0.128. The number of carbonyl (C=O) groups is 2. The number of aromatic hydroxyl groups is 2. The summed E-state index contributed by atoms with van der Waals surface area (Å²) in [6.07, 6.45) is -2.88. The van der Waals surface area contributed by atoms with Crippen molar-refractivity contribution in [3.63, 3.8) is 0 Å². The molecule has 0 fully saturated rings. The molecule has 2 aromatic rings. The van der Waals surface area contributed by atoms with Gasteiger partial charge in [0.15, 0.2) is 11.6 Å². The van der Waals surface area contributed by atoms with Crippen molar-refractivity contribution in [3.8, 4) is 22.6 Å². The van der Waals surface area contributed by atoms with Gasteiger partial charge in [-0.3, -0.25) is 9.59 Å². The number of carbonyl (C=O) groups excluding carboxylic acids is 2. The number of aryl methyl sites for hydroxylation is 2. The summed E-state index contributed by atoms with van der Waals surface area (Å²) < 4.78 is 0. The lowest BCUT2D eigenvalue weighted by atomic mass is 9.83. The van der Waals surface area contributed by atoms with Crippen LogP contribution in [-0.2, 0) is 9.59 Å². The number of benzene rings is 2. The average Bonchev–Trinajstić information content (AvgIpc) is 3.08. The first-order chi connectivity index (χ1) is 14.9. The lowest BCUT2D eigenvalue weighted by Crippen LogP contribution is -2.15. The summed E-state index contributed by atoms with van der Waals surface area (Å²) in [6.45, 7) is 11.1. The third kappa shape index (κ3) is 2.86. The molecule has 170 valence electrons. The van der Waals surface area contributed by atoms with Crippen LogP contribution in [0.4, 0.5) is 0 Å². The standard InChI is InChI=1S/C26H30O6/c1-9(2)15-13-7-11(5)17(21(27)19(13)25(31)23(15)29)18-12(6)8-14-16(10(3)4)24(30)26(32)20(14)22(18)28/h7-10,15-16,25-28,31-32H,1-6H3. The molecule has 0 saturated carbocycles. The number of hydrogen-bond donors (Lipinski definition) is 4. The van der Waals surface area contributed by atoms with Crippen molar-refractivity contribution in [1.82, 2.24) is 0 Å². The van der Waals surface area contributed by atoms with Crippen molar-refractivity contribution >= 4 is 11.6 Å². The van der Waals surface area contributed by atoms with Crippen LogP contribution >= 0.6 is 0 Å². The molecule has 0 amide bonds. The summed E-state index contributed by atoms with van der Waals surface area (Å²) >= 11 is 0. The summed E-state index contributed by atoms with van der Waals surface area (Å²) in [4.78, 5) is 25.4. The fraction of sp³-hybridized carbons (Fsp3) is 0.462. The molecule has 6 nitrogen and oxygen atoms in total. The quantitative estimate of drug-likeness (QED) is 0.574. The van der Waals surface area contributed by atoms with Crippen molar-refractivity contribution in [2.75, 3.05) is 0 Å². The van der Waals surface area contributed by atoms with Crippen LogP contribution in [0.1, 0.15) is 85.1 Å². The van der Waals surface area contributed by atoms with E-state index in [1.807, 2.05) is 27.7 Å². The van der Waals surface area contributed by atoms with Crippen LogP contribution in [0, 0.1) is 25.7 Å². The number of rotatable bonds is 3. The van der Waals surface area contributed by atoms with Gasteiger partial charge in [0.2, 0.25) is 0 Å². The van der Waals surface area contributed by atoms with Gasteiger partial charge < -0.3 is 20.4 Å². The van der Waals surface area contributed by atoms with Crippen molar-refractivity contribution in [2.45, 2.75) is 65.6 Å². The van der Waals surface area contributed by atoms with E-state index < -0.39 is 24.0 Å². The molecule has 4 atom stereocenters. The topological polar surface area (TPSA) is 115 Å². The van der Waals surface area contributed by atoms with E-state index in [-0.39, 0.29) is 46.0 Å². The van der Waals surface area contributed by atoms with Gasteiger partial charge in [-0.2, -0.15) is 0 Å². The molecule has 0 spiro atoms. The van der Waals surface area contributed by atoms with E-state index in [0.717, 1.165) is 0 Å². The number of phenolic OH excluding ortho intramolecular Hbond substituents is 2. The highest BCUT2D eigenvalue weighted by molar-refractivity contribution is 6.01. The maximum Gasteiger partial charge on any atom is 0.173 e. The van der Waals surface area contributed by atoms with Crippen LogP contribution in [0.2, 0.25) is 0 Å². The molecule has 2 aliphatic carbocycles. The highest BCUT2D eigenvalue weighted by Crippen LogP contribution is 2.55. The number of phenols is 2. The molecule has 0 radical (unpaired) electrons. The van der Waals surface area contributed by atoms with Crippen LogP contribution in [0.25, 0.3) is 11.1 Å². The molecule has 0 heterocycles. The Kier molecular flexibility index (Phi) is 5.22. The van der Waals surface area contributed by atoms with Crippen LogP contribution in [0.5, 0.6) is 11.5 Å². The van der Waals surface area contributed by atoms with Gasteiger partial charge in [0, 0.05) is 34.1 Å². The molecule has 2 aromatic carbocycles. The van der Waals surface area contributed by atoms with E-state index >= 15 is 0 Å². The first-order valence-electron chi connectivity index (χ1n) is 11.1. The van der Waals surface area contributed by atoms with Gasteiger partial charge in [0.05, 0.1) is 0 Å². The Bertz CT molecular complexity index is 1070. The molecule has 0 saturated heterocycles. The third-order valence-corrected chi connectivity index (χ3v) is 7.09. The fourth-order valence-corrected chi connectivity index (χ4v) is 5.71. The Morgan fingerprint density at radius 3 is 1.28 bits per heavy atom. The Labute approximate surface area is 187 Å². The monoisotopic (exact) mass is 438 g/mol. The molecule has 4 unspecified atom stereocenters. The SMILES string of the molecule is Cc1cc2c(c(O)c1-c1c(C)cc3c(c1O)C(O)C(=O)C3C(C)C)C(O)C(=O)C2C(C)C. The molecular weight excluding hydrogens is 408 g/mol. The summed E-state index contributed by atoms with van der Waals surface area (Å²) in [6, 6.07) is 3.57. The van der Waals surface area contributed by atoms with E-state index in [2.05, 4.69) is 0 Å². The van der Waals surface area contributed by atoms with Crippen molar-refractivity contribution in [1.29, 1.82) is 0 Å². The largest absolute Gasteiger partial charge is 0.507 e. The number of fused-ring (bicyclic) bond motifs is 2. The van der Waals surface area contributed by atoms with Crippen molar-refractivity contribution < 1.29 is 30.0 Å². The fourth-order valence-electron chi connectivity index (χ4n) is 5.71. The molecule has 0 aliphatic heterocycles. The lowest BCUT2D eigenvalue weighted by Gasteiger charge is -2.21. The highest BCUT2D eigenvalue weighted by atomic mass is 16.3. The zero-order valence-electron chi connectivity index (χ0n) is 19.2. The van der Waals surface area contributed by atoms with Gasteiger partial charge in [-0.15, -0.1) is 0 Å². The maximum atomic E-state index is 12.7. The van der Waals surface area contributed by atoms with E-state index in [4.69, 9.17) is 0 Å². The Morgan fingerprint density at radius 1 is 0.688 bits per heavy atom. The average molecular weight is 439 g/mol. The predicted molar refractivity (Wildman–Crippen MR) is 120 cm³/mol. The van der Waals surface area contributed by atoms with Crippen LogP contribution in [-0.4, -0.2) is 32.0 Å². The molecule has 4 N–H and O–H groups in total. The van der Waals surface area contributed by atoms with E-state index in [1.54, 1.807) is 26.0 Å². The van der Waals surface area contributed by atoms with E-state index in [0.29, 0.717) is 33.4 Å². The number of hydrogen-bond acceptors (Lipinski definition) is 6. The van der Waals surface area contributed by atoms with Gasteiger partial charge in [-0.1, -0.05) is 39.8 Å². The zero-order chi connectivity index (χ0) is 23.8. The maximum absolute atomic E-state index is 12.7. The Balaban J connectivity index is 2.00. The first kappa shape index (κ1) is 22.5. The third-order valence-electron chi connectivity index (χ3n) is 7.09. The minimum atomic E-state index is -1.44. The second kappa shape index (κ2) is 7.42. The van der Waals surface area contributed by atoms with Gasteiger partial charge in [-0.25, -0.2) is 0 Å². The van der Waals surface area contributed by atoms with Gasteiger partial charge >= 0.3 is 0 Å². The van der Waals surface area contributed by atoms with E-state index in [9.17, 15) is 30.0 Å². The number of aliphatic hydroxyl groups is 2. The number of ketones is 2. The van der Waals surface area contributed by atoms with E-state index in [1.165, 1.54) is 0 Å². The van der Waals surface area contributed by atoms with Gasteiger partial charge in [-0.05, 0) is 47.9 Å². The number of Topliss-reactive ketones (excluding diaryl/α,β-unsaturated/α-hetero) is 2. The normalized spacial score (nSPS) is 24.6. The van der Waals surface area contributed by atoms with Gasteiger partial charge in [0.1, 0.15) is 23.7 Å². The summed E-state index contributed by atoms with van der Waals surface area (Å²) in [5, 5.41) is 43.7. The molecule has 6 heteroatoms.